The Morgan fingerprint density at radius 2 is 1.94 bits per heavy atom. The normalized spacial score (nSPS) is 11.9. The maximum absolute atomic E-state index is 13.0. The van der Waals surface area contributed by atoms with Gasteiger partial charge in [-0.3, -0.25) is 4.90 Å². The molecule has 0 heterocycles. The molecule has 1 rings (SSSR count). The molecular weight excluding hydrogens is 238 g/mol. The average Bonchev–Trinajstić information content (AvgIpc) is 2.14. The number of hydrogen-bond acceptors (Lipinski definition) is 2. The minimum absolute atomic E-state index is 0.0273. The van der Waals surface area contributed by atoms with E-state index in [1.54, 1.807) is 0 Å². The van der Waals surface area contributed by atoms with Gasteiger partial charge in [0.15, 0.2) is 0 Å². The summed E-state index contributed by atoms with van der Waals surface area (Å²) < 4.78 is 54.3. The molecule has 0 saturated heterocycles. The Morgan fingerprint density at radius 3 is 2.47 bits per heavy atom. The van der Waals surface area contributed by atoms with Gasteiger partial charge in [0.1, 0.15) is 11.6 Å². The fourth-order valence-electron chi connectivity index (χ4n) is 1.52. The molecule has 0 unspecified atom stereocenters. The third-order valence-corrected chi connectivity index (χ3v) is 2.13. The topological polar surface area (TPSA) is 12.5 Å². The van der Waals surface area contributed by atoms with E-state index in [1.165, 1.54) is 32.4 Å². The van der Waals surface area contributed by atoms with Crippen molar-refractivity contribution in [2.24, 2.45) is 0 Å². The lowest BCUT2D eigenvalue weighted by Crippen LogP contribution is -2.30. The van der Waals surface area contributed by atoms with Gasteiger partial charge in [0, 0.05) is 12.1 Å². The van der Waals surface area contributed by atoms with E-state index in [9.17, 15) is 17.6 Å². The molecule has 6 heteroatoms. The zero-order valence-electron chi connectivity index (χ0n) is 9.51. The molecule has 2 nitrogen and oxygen atoms in total. The monoisotopic (exact) mass is 251 g/mol. The number of benzene rings is 1. The van der Waals surface area contributed by atoms with E-state index >= 15 is 0 Å². The summed E-state index contributed by atoms with van der Waals surface area (Å²) in [6.45, 7) is -1.08. The SMILES string of the molecule is COc1ccc(F)cc1CN(C)CC(F)(F)F. The number of ether oxygens (including phenoxy) is 1. The van der Waals surface area contributed by atoms with E-state index in [4.69, 9.17) is 4.74 Å². The molecule has 0 fully saturated rings. The van der Waals surface area contributed by atoms with Crippen LogP contribution in [-0.4, -0.2) is 31.8 Å². The van der Waals surface area contributed by atoms with Crippen molar-refractivity contribution in [2.75, 3.05) is 20.7 Å². The van der Waals surface area contributed by atoms with Gasteiger partial charge in [0.2, 0.25) is 0 Å². The van der Waals surface area contributed by atoms with Crippen LogP contribution in [0.25, 0.3) is 0 Å². The molecule has 1 aromatic carbocycles. The molecule has 0 spiro atoms. The summed E-state index contributed by atoms with van der Waals surface area (Å²) in [7, 11) is 2.71. The van der Waals surface area contributed by atoms with Gasteiger partial charge in [0.05, 0.1) is 13.7 Å². The first-order valence-corrected chi connectivity index (χ1v) is 4.89. The Kier molecular flexibility index (Phi) is 4.34. The van der Waals surface area contributed by atoms with Crippen molar-refractivity contribution in [1.29, 1.82) is 0 Å². The highest BCUT2D eigenvalue weighted by molar-refractivity contribution is 5.33. The van der Waals surface area contributed by atoms with E-state index in [0.29, 0.717) is 11.3 Å². The highest BCUT2D eigenvalue weighted by atomic mass is 19.4. The highest BCUT2D eigenvalue weighted by Crippen LogP contribution is 2.22. The summed E-state index contributed by atoms with van der Waals surface area (Å²) in [6.07, 6.45) is -4.27. The molecule has 0 radical (unpaired) electrons. The van der Waals surface area contributed by atoms with Crippen molar-refractivity contribution in [3.05, 3.63) is 29.6 Å². The Morgan fingerprint density at radius 1 is 1.29 bits per heavy atom. The van der Waals surface area contributed by atoms with Crippen LogP contribution in [0.5, 0.6) is 5.75 Å². The minimum atomic E-state index is -4.27. The van der Waals surface area contributed by atoms with E-state index in [-0.39, 0.29) is 6.54 Å². The van der Waals surface area contributed by atoms with Crippen LogP contribution in [0.15, 0.2) is 18.2 Å². The van der Waals surface area contributed by atoms with Gasteiger partial charge in [-0.1, -0.05) is 0 Å². The van der Waals surface area contributed by atoms with Crippen molar-refractivity contribution in [1.82, 2.24) is 4.90 Å². The average molecular weight is 251 g/mol. The predicted molar refractivity (Wildman–Crippen MR) is 55.3 cm³/mol. The molecule has 17 heavy (non-hydrogen) atoms. The molecule has 1 aromatic rings. The molecule has 0 N–H and O–H groups in total. The van der Waals surface area contributed by atoms with Crippen LogP contribution < -0.4 is 4.74 Å². The van der Waals surface area contributed by atoms with Crippen LogP contribution >= 0.6 is 0 Å². The van der Waals surface area contributed by atoms with E-state index in [2.05, 4.69) is 0 Å². The second-order valence-electron chi connectivity index (χ2n) is 3.74. The lowest BCUT2D eigenvalue weighted by atomic mass is 10.2. The molecule has 0 amide bonds. The molecule has 0 atom stereocenters. The third-order valence-electron chi connectivity index (χ3n) is 2.13. The molecule has 0 aromatic heterocycles. The van der Waals surface area contributed by atoms with Crippen LogP contribution in [0.4, 0.5) is 17.6 Å². The number of methoxy groups -OCH3 is 1. The summed E-state index contributed by atoms with van der Waals surface area (Å²) in [4.78, 5) is 1.05. The van der Waals surface area contributed by atoms with Crippen molar-refractivity contribution in [3.63, 3.8) is 0 Å². The van der Waals surface area contributed by atoms with E-state index < -0.39 is 18.5 Å². The van der Waals surface area contributed by atoms with Gasteiger partial charge >= 0.3 is 6.18 Å². The Labute approximate surface area is 96.8 Å². The van der Waals surface area contributed by atoms with Gasteiger partial charge in [-0.25, -0.2) is 4.39 Å². The van der Waals surface area contributed by atoms with Gasteiger partial charge < -0.3 is 4.74 Å². The maximum atomic E-state index is 13.0. The van der Waals surface area contributed by atoms with Crippen molar-refractivity contribution >= 4 is 0 Å². The summed E-state index contributed by atoms with van der Waals surface area (Å²) in [5.41, 5.74) is 0.388. The number of nitrogens with zero attached hydrogens (tertiary/aromatic N) is 1. The Bertz CT molecular complexity index is 378. The first kappa shape index (κ1) is 13.8. The first-order chi connectivity index (χ1) is 7.81. The molecule has 0 aliphatic carbocycles. The Hall–Kier alpha value is -1.30. The molecule has 96 valence electrons. The number of alkyl halides is 3. The molecular formula is C11H13F4NO. The third kappa shape index (κ3) is 4.60. The van der Waals surface area contributed by atoms with E-state index in [1.807, 2.05) is 0 Å². The second-order valence-corrected chi connectivity index (χ2v) is 3.74. The zero-order valence-corrected chi connectivity index (χ0v) is 9.51. The predicted octanol–water partition coefficient (Wildman–Crippen LogP) is 2.83. The fraction of sp³-hybridized carbons (Fsp3) is 0.455. The zero-order chi connectivity index (χ0) is 13.1. The largest absolute Gasteiger partial charge is 0.496 e. The summed E-state index contributed by atoms with van der Waals surface area (Å²) in [5.74, 6) is -0.123. The van der Waals surface area contributed by atoms with Crippen LogP contribution in [0.3, 0.4) is 0 Å². The molecule has 0 saturated carbocycles. The first-order valence-electron chi connectivity index (χ1n) is 4.89. The highest BCUT2D eigenvalue weighted by Gasteiger charge is 2.29. The van der Waals surface area contributed by atoms with Crippen molar-refractivity contribution < 1.29 is 22.3 Å². The molecule has 0 bridgehead atoms. The summed E-state index contributed by atoms with van der Waals surface area (Å²) in [6, 6.07) is 3.77. The quantitative estimate of drug-likeness (QED) is 0.763. The van der Waals surface area contributed by atoms with Gasteiger partial charge in [-0.05, 0) is 25.2 Å². The smallest absolute Gasteiger partial charge is 0.401 e. The van der Waals surface area contributed by atoms with Gasteiger partial charge in [0.25, 0.3) is 0 Å². The van der Waals surface area contributed by atoms with Crippen molar-refractivity contribution in [2.45, 2.75) is 12.7 Å². The summed E-state index contributed by atoms with van der Waals surface area (Å²) in [5, 5.41) is 0. The fourth-order valence-corrected chi connectivity index (χ4v) is 1.52. The standard InChI is InChI=1S/C11H13F4NO/c1-16(7-11(13,14)15)6-8-5-9(12)3-4-10(8)17-2/h3-5H,6-7H2,1-2H3. The lowest BCUT2D eigenvalue weighted by Gasteiger charge is -2.19. The van der Waals surface area contributed by atoms with E-state index in [0.717, 1.165) is 4.90 Å². The van der Waals surface area contributed by atoms with Gasteiger partial charge in [-0.2, -0.15) is 13.2 Å². The lowest BCUT2D eigenvalue weighted by molar-refractivity contribution is -0.144. The van der Waals surface area contributed by atoms with Crippen LogP contribution in [-0.2, 0) is 6.54 Å². The Balaban J connectivity index is 2.76. The maximum Gasteiger partial charge on any atom is 0.401 e. The number of rotatable bonds is 4. The second kappa shape index (κ2) is 5.35. The number of hydrogen-bond donors (Lipinski definition) is 0. The molecule has 0 aliphatic rings. The molecule has 0 aliphatic heterocycles. The van der Waals surface area contributed by atoms with Crippen LogP contribution in [0, 0.1) is 5.82 Å². The number of halogens is 4. The van der Waals surface area contributed by atoms with Crippen LogP contribution in [0.1, 0.15) is 5.56 Å². The minimum Gasteiger partial charge on any atom is -0.496 e. The summed E-state index contributed by atoms with van der Waals surface area (Å²) >= 11 is 0. The van der Waals surface area contributed by atoms with Crippen LogP contribution in [0.2, 0.25) is 0 Å². The van der Waals surface area contributed by atoms with Crippen molar-refractivity contribution in [3.8, 4) is 5.75 Å². The van der Waals surface area contributed by atoms with Gasteiger partial charge in [-0.15, -0.1) is 0 Å².